The quantitative estimate of drug-likeness (QED) is 0.619. The molecule has 0 radical (unpaired) electrons. The third-order valence-corrected chi connectivity index (χ3v) is 5.89. The summed E-state index contributed by atoms with van der Waals surface area (Å²) in [6, 6.07) is 6.93. The number of benzene rings is 1. The fourth-order valence-corrected chi connectivity index (χ4v) is 4.54. The summed E-state index contributed by atoms with van der Waals surface area (Å²) in [5.74, 6) is 0.357. The number of H-pyrrole nitrogens is 1. The molecule has 2 aromatic rings. The van der Waals surface area contributed by atoms with Crippen LogP contribution in [0.25, 0.3) is 10.9 Å². The summed E-state index contributed by atoms with van der Waals surface area (Å²) < 4.78 is 5.55. The van der Waals surface area contributed by atoms with Gasteiger partial charge in [-0.2, -0.15) is 0 Å². The van der Waals surface area contributed by atoms with Gasteiger partial charge >= 0.3 is 5.97 Å². The van der Waals surface area contributed by atoms with Crippen LogP contribution in [0.15, 0.2) is 24.4 Å². The molecule has 2 N–H and O–H groups in total. The molecule has 1 aromatic heterocycles. The third-order valence-electron chi connectivity index (χ3n) is 5.89. The number of hydrogen-bond acceptors (Lipinski definition) is 3. The zero-order valence-electron chi connectivity index (χ0n) is 15.0. The molecule has 1 fully saturated rings. The molecule has 1 aliphatic heterocycles. The Morgan fingerprint density at radius 2 is 2.20 bits per heavy atom. The molecule has 2 heterocycles. The van der Waals surface area contributed by atoms with Crippen molar-refractivity contribution < 1.29 is 9.53 Å². The normalized spacial score (nSPS) is 24.9. The van der Waals surface area contributed by atoms with Crippen LogP contribution in [0.5, 0.6) is 0 Å². The van der Waals surface area contributed by atoms with Crippen LogP contribution in [0.3, 0.4) is 0 Å². The molecule has 1 aliphatic carbocycles. The number of nitrogens with one attached hydrogen (secondary N) is 2. The van der Waals surface area contributed by atoms with Crippen molar-refractivity contribution in [2.75, 3.05) is 13.2 Å². The number of carbonyl (C=O) groups is 1. The van der Waals surface area contributed by atoms with Crippen molar-refractivity contribution in [3.63, 3.8) is 0 Å². The van der Waals surface area contributed by atoms with Crippen molar-refractivity contribution in [3.8, 4) is 0 Å². The maximum Gasteiger partial charge on any atom is 0.310 e. The second-order valence-electron chi connectivity index (χ2n) is 7.57. The van der Waals surface area contributed by atoms with E-state index in [1.54, 1.807) is 0 Å². The number of hydrogen-bond donors (Lipinski definition) is 2. The predicted molar refractivity (Wildman–Crippen MR) is 99.7 cm³/mol. The van der Waals surface area contributed by atoms with E-state index >= 15 is 0 Å². The first-order valence-electron chi connectivity index (χ1n) is 9.76. The Labute approximate surface area is 149 Å². The first-order valence-corrected chi connectivity index (χ1v) is 9.76. The fraction of sp³-hybridized carbons (Fsp3) is 0.571. The average Bonchev–Trinajstić information content (AvgIpc) is 3.05. The van der Waals surface area contributed by atoms with Crippen LogP contribution in [0, 0.1) is 5.92 Å². The van der Waals surface area contributed by atoms with Gasteiger partial charge in [-0.05, 0) is 36.5 Å². The van der Waals surface area contributed by atoms with Crippen LogP contribution >= 0.6 is 0 Å². The number of unbranched alkanes of at least 4 members (excludes halogenated alkanes) is 3. The summed E-state index contributed by atoms with van der Waals surface area (Å²) in [5.41, 5.74) is 4.00. The van der Waals surface area contributed by atoms with Gasteiger partial charge in [-0.15, -0.1) is 0 Å². The van der Waals surface area contributed by atoms with E-state index in [4.69, 9.17) is 4.74 Å². The molecule has 0 bridgehead atoms. The number of ether oxygens (including phenoxy) is 1. The highest BCUT2D eigenvalue weighted by atomic mass is 16.5. The van der Waals surface area contributed by atoms with E-state index in [0.717, 1.165) is 32.2 Å². The molecular formula is C21H28N2O2. The predicted octanol–water partition coefficient (Wildman–Crippen LogP) is 3.91. The van der Waals surface area contributed by atoms with E-state index < -0.39 is 0 Å². The van der Waals surface area contributed by atoms with E-state index in [1.165, 1.54) is 34.9 Å². The molecule has 0 amide bonds. The number of rotatable bonds is 6. The van der Waals surface area contributed by atoms with Gasteiger partial charge in [0.2, 0.25) is 0 Å². The topological polar surface area (TPSA) is 54.1 Å². The van der Waals surface area contributed by atoms with E-state index in [2.05, 4.69) is 41.6 Å². The number of carbonyl (C=O) groups excluding carboxylic acids is 1. The van der Waals surface area contributed by atoms with Crippen LogP contribution in [0.1, 0.15) is 56.1 Å². The Morgan fingerprint density at radius 3 is 3.08 bits per heavy atom. The molecule has 3 atom stereocenters. The van der Waals surface area contributed by atoms with Crippen molar-refractivity contribution in [3.05, 3.63) is 35.5 Å². The largest absolute Gasteiger partial charge is 0.465 e. The number of aromatic amines is 1. The number of fused-ring (bicyclic) bond motifs is 2. The summed E-state index contributed by atoms with van der Waals surface area (Å²) >= 11 is 0. The van der Waals surface area contributed by atoms with Crippen molar-refractivity contribution >= 4 is 16.9 Å². The number of aromatic nitrogens is 1. The summed E-state index contributed by atoms with van der Waals surface area (Å²) in [7, 11) is 0. The maximum atomic E-state index is 12.5. The molecule has 134 valence electrons. The van der Waals surface area contributed by atoms with Gasteiger partial charge in [0.15, 0.2) is 0 Å². The van der Waals surface area contributed by atoms with Crippen LogP contribution < -0.4 is 5.32 Å². The lowest BCUT2D eigenvalue weighted by Crippen LogP contribution is -2.48. The first-order chi connectivity index (χ1) is 12.3. The summed E-state index contributed by atoms with van der Waals surface area (Å²) in [6.45, 7) is 3.50. The molecular weight excluding hydrogens is 312 g/mol. The molecule has 1 aromatic carbocycles. The van der Waals surface area contributed by atoms with Crippen LogP contribution in [0.2, 0.25) is 0 Å². The lowest BCUT2D eigenvalue weighted by Gasteiger charge is -2.39. The van der Waals surface area contributed by atoms with E-state index in [9.17, 15) is 4.79 Å². The molecule has 1 saturated heterocycles. The Balaban J connectivity index is 1.43. The number of piperidine rings is 1. The summed E-state index contributed by atoms with van der Waals surface area (Å²) in [5, 5.41) is 5.00. The van der Waals surface area contributed by atoms with E-state index in [-0.39, 0.29) is 11.9 Å². The van der Waals surface area contributed by atoms with Gasteiger partial charge in [0.05, 0.1) is 12.5 Å². The summed E-state index contributed by atoms with van der Waals surface area (Å²) in [6.07, 6.45) is 8.64. The maximum absolute atomic E-state index is 12.5. The standard InChI is InChI=1S/C21H28N2O2/c1-2-3-4-5-9-25-21(24)15-10-17-16-7-6-8-18-20(16)14(12-22-18)11-19(17)23-13-15/h6-8,12,15,17,19,22-23H,2-5,9-11,13H2,1H3/t15?,17-,19-/m1/s1. The first kappa shape index (κ1) is 16.6. The Morgan fingerprint density at radius 1 is 1.28 bits per heavy atom. The molecule has 2 aliphatic rings. The SMILES string of the molecule is CCCCCCOC(=O)C1CN[C@@H]2Cc3c[nH]c4cccc(c34)[C@H]2C1. The van der Waals surface area contributed by atoms with Gasteiger partial charge in [-0.1, -0.05) is 38.3 Å². The lowest BCUT2D eigenvalue weighted by atomic mass is 9.73. The zero-order valence-corrected chi connectivity index (χ0v) is 15.0. The van der Waals surface area contributed by atoms with E-state index in [0.29, 0.717) is 18.6 Å². The van der Waals surface area contributed by atoms with Crippen molar-refractivity contribution in [1.82, 2.24) is 10.3 Å². The molecule has 4 nitrogen and oxygen atoms in total. The minimum absolute atomic E-state index is 0.0190. The van der Waals surface area contributed by atoms with Gasteiger partial charge in [0.25, 0.3) is 0 Å². The smallest absolute Gasteiger partial charge is 0.310 e. The summed E-state index contributed by atoms with van der Waals surface area (Å²) in [4.78, 5) is 15.9. The molecule has 25 heavy (non-hydrogen) atoms. The highest BCUT2D eigenvalue weighted by Crippen LogP contribution is 2.41. The van der Waals surface area contributed by atoms with Gasteiger partial charge in [0.1, 0.15) is 0 Å². The molecule has 4 heteroatoms. The Hall–Kier alpha value is -1.81. The van der Waals surface area contributed by atoms with Gasteiger partial charge < -0.3 is 15.0 Å². The van der Waals surface area contributed by atoms with Gasteiger partial charge in [-0.3, -0.25) is 4.79 Å². The van der Waals surface area contributed by atoms with Crippen molar-refractivity contribution in [1.29, 1.82) is 0 Å². The minimum Gasteiger partial charge on any atom is -0.465 e. The van der Waals surface area contributed by atoms with Crippen LogP contribution in [0.4, 0.5) is 0 Å². The van der Waals surface area contributed by atoms with Gasteiger partial charge in [-0.25, -0.2) is 0 Å². The second kappa shape index (κ2) is 7.20. The van der Waals surface area contributed by atoms with Crippen LogP contribution in [-0.2, 0) is 16.0 Å². The third kappa shape index (κ3) is 3.20. The average molecular weight is 340 g/mol. The molecule has 0 spiro atoms. The highest BCUT2D eigenvalue weighted by Gasteiger charge is 2.38. The fourth-order valence-electron chi connectivity index (χ4n) is 4.54. The molecule has 4 rings (SSSR count). The Kier molecular flexibility index (Phi) is 4.80. The van der Waals surface area contributed by atoms with E-state index in [1.807, 2.05) is 0 Å². The zero-order chi connectivity index (χ0) is 17.2. The monoisotopic (exact) mass is 340 g/mol. The van der Waals surface area contributed by atoms with Crippen LogP contribution in [-0.4, -0.2) is 30.1 Å². The van der Waals surface area contributed by atoms with Gasteiger partial charge in [0, 0.05) is 35.6 Å². The minimum atomic E-state index is -0.0248. The number of esters is 1. The Bertz CT molecular complexity index is 751. The lowest BCUT2D eigenvalue weighted by molar-refractivity contribution is -0.149. The highest BCUT2D eigenvalue weighted by molar-refractivity contribution is 5.88. The molecule has 1 unspecified atom stereocenters. The van der Waals surface area contributed by atoms with Crippen molar-refractivity contribution in [2.24, 2.45) is 5.92 Å². The second-order valence-corrected chi connectivity index (χ2v) is 7.57. The molecule has 0 saturated carbocycles. The van der Waals surface area contributed by atoms with Crippen molar-refractivity contribution in [2.45, 2.75) is 57.4 Å².